The van der Waals surface area contributed by atoms with Crippen molar-refractivity contribution in [2.75, 3.05) is 39.5 Å². The Morgan fingerprint density at radius 2 is 1.87 bits per heavy atom. The average Bonchev–Trinajstić information content (AvgIpc) is 3.17. The van der Waals surface area contributed by atoms with Gasteiger partial charge in [-0.1, -0.05) is 6.08 Å². The summed E-state index contributed by atoms with van der Waals surface area (Å²) in [5.74, 6) is -0.256. The minimum atomic E-state index is -0.256. The molecule has 4 heterocycles. The molecule has 0 bridgehead atoms. The van der Waals surface area contributed by atoms with E-state index >= 15 is 0 Å². The van der Waals surface area contributed by atoms with E-state index in [9.17, 15) is 4.79 Å². The van der Waals surface area contributed by atoms with Gasteiger partial charge in [0, 0.05) is 36.5 Å². The first-order valence-corrected chi connectivity index (χ1v) is 10.9. The quantitative estimate of drug-likeness (QED) is 0.695. The number of pyridine rings is 1. The fourth-order valence-electron chi connectivity index (χ4n) is 4.48. The maximum atomic E-state index is 12.9. The van der Waals surface area contributed by atoms with Crippen LogP contribution in [0.15, 0.2) is 24.4 Å². The van der Waals surface area contributed by atoms with Crippen LogP contribution in [0, 0.1) is 6.92 Å². The van der Waals surface area contributed by atoms with Gasteiger partial charge in [0.05, 0.1) is 38.1 Å². The van der Waals surface area contributed by atoms with Gasteiger partial charge in [0.25, 0.3) is 0 Å². The van der Waals surface area contributed by atoms with Crippen molar-refractivity contribution in [3.63, 3.8) is 0 Å². The Morgan fingerprint density at radius 1 is 1.10 bits per heavy atom. The van der Waals surface area contributed by atoms with Crippen LogP contribution in [0.25, 0.3) is 11.1 Å². The average molecular weight is 413 g/mol. The van der Waals surface area contributed by atoms with Crippen molar-refractivity contribution in [2.24, 2.45) is 0 Å². The predicted octanol–water partition coefficient (Wildman–Crippen LogP) is 4.01. The van der Waals surface area contributed by atoms with Crippen LogP contribution in [0.3, 0.4) is 0 Å². The molecule has 2 aliphatic rings. The number of carbonyl (C=O) groups excluding carboxylic acids is 1. The van der Waals surface area contributed by atoms with Crippen molar-refractivity contribution < 1.29 is 19.0 Å². The predicted molar refractivity (Wildman–Crippen MR) is 117 cm³/mol. The summed E-state index contributed by atoms with van der Waals surface area (Å²) >= 11 is 0. The van der Waals surface area contributed by atoms with Gasteiger partial charge in [0.15, 0.2) is 0 Å². The van der Waals surface area contributed by atoms with E-state index in [1.807, 2.05) is 26.8 Å². The summed E-state index contributed by atoms with van der Waals surface area (Å²) in [5.41, 5.74) is 6.30. The van der Waals surface area contributed by atoms with Crippen LogP contribution in [0.1, 0.15) is 60.4 Å². The van der Waals surface area contributed by atoms with Gasteiger partial charge < -0.3 is 18.6 Å². The second-order valence-corrected chi connectivity index (χ2v) is 8.42. The lowest BCUT2D eigenvalue weighted by atomic mass is 10.0. The van der Waals surface area contributed by atoms with E-state index in [0.29, 0.717) is 12.2 Å². The number of carbonyl (C=O) groups is 1. The molecule has 2 aromatic rings. The van der Waals surface area contributed by atoms with Crippen LogP contribution in [0.2, 0.25) is 0 Å². The number of rotatable bonds is 5. The maximum Gasteiger partial charge on any atom is 0.338 e. The summed E-state index contributed by atoms with van der Waals surface area (Å²) in [6.45, 7) is 12.7. The number of esters is 1. The highest BCUT2D eigenvalue weighted by Crippen LogP contribution is 2.32. The monoisotopic (exact) mass is 412 g/mol. The highest BCUT2D eigenvalue weighted by atomic mass is 16.5. The third kappa shape index (κ3) is 4.17. The lowest BCUT2D eigenvalue weighted by molar-refractivity contribution is 0.0186. The van der Waals surface area contributed by atoms with Crippen LogP contribution in [0.5, 0.6) is 0 Å². The minimum absolute atomic E-state index is 0.150. The standard InChI is InChI=1S/C24H32N2O4/c1-16(2)30-24(27)22-14-21-13-20(19-5-9-28-10-6-19)15-26(21)23(17(22)3)18(4)25-7-11-29-12-8-25/h5,13-16,18H,6-12H2,1-4H3. The van der Waals surface area contributed by atoms with Crippen molar-refractivity contribution in [3.8, 4) is 0 Å². The highest BCUT2D eigenvalue weighted by Gasteiger charge is 2.26. The number of hydrogen-bond acceptors (Lipinski definition) is 5. The Hall–Kier alpha value is -2.15. The molecule has 2 aliphatic heterocycles. The van der Waals surface area contributed by atoms with Gasteiger partial charge in [-0.25, -0.2) is 4.79 Å². The van der Waals surface area contributed by atoms with E-state index in [2.05, 4.69) is 34.6 Å². The summed E-state index contributed by atoms with van der Waals surface area (Å²) < 4.78 is 18.8. The third-order valence-corrected chi connectivity index (χ3v) is 6.08. The summed E-state index contributed by atoms with van der Waals surface area (Å²) in [4.78, 5) is 15.3. The Labute approximate surface area is 178 Å². The van der Waals surface area contributed by atoms with Crippen LogP contribution in [-0.4, -0.2) is 60.9 Å². The topological polar surface area (TPSA) is 52.4 Å². The molecule has 6 heteroatoms. The first kappa shape index (κ1) is 21.1. The summed E-state index contributed by atoms with van der Waals surface area (Å²) in [6, 6.07) is 4.31. The van der Waals surface area contributed by atoms with E-state index in [1.54, 1.807) is 0 Å². The summed E-state index contributed by atoms with van der Waals surface area (Å²) in [6.07, 6.45) is 5.13. The summed E-state index contributed by atoms with van der Waals surface area (Å²) in [5, 5.41) is 0. The maximum absolute atomic E-state index is 12.9. The van der Waals surface area contributed by atoms with E-state index in [-0.39, 0.29) is 18.1 Å². The van der Waals surface area contributed by atoms with Crippen LogP contribution in [-0.2, 0) is 14.2 Å². The zero-order valence-electron chi connectivity index (χ0n) is 18.4. The molecule has 0 amide bonds. The zero-order valence-corrected chi connectivity index (χ0v) is 18.4. The smallest absolute Gasteiger partial charge is 0.338 e. The van der Waals surface area contributed by atoms with Gasteiger partial charge in [-0.05, 0) is 62.9 Å². The zero-order chi connectivity index (χ0) is 21.3. The lowest BCUT2D eigenvalue weighted by Gasteiger charge is -2.34. The molecule has 0 aliphatic carbocycles. The van der Waals surface area contributed by atoms with Crippen molar-refractivity contribution >= 4 is 17.1 Å². The number of fused-ring (bicyclic) bond motifs is 1. The fraction of sp³-hybridized carbons (Fsp3) is 0.542. The number of nitrogens with zero attached hydrogens (tertiary/aromatic N) is 2. The lowest BCUT2D eigenvalue weighted by Crippen LogP contribution is -2.39. The van der Waals surface area contributed by atoms with Gasteiger partial charge in [0.2, 0.25) is 0 Å². The van der Waals surface area contributed by atoms with Crippen LogP contribution in [0.4, 0.5) is 0 Å². The molecule has 0 radical (unpaired) electrons. The molecule has 30 heavy (non-hydrogen) atoms. The van der Waals surface area contributed by atoms with Gasteiger partial charge in [0.1, 0.15) is 0 Å². The molecule has 0 spiro atoms. The molecule has 1 fully saturated rings. The van der Waals surface area contributed by atoms with Gasteiger partial charge in [-0.2, -0.15) is 0 Å². The fourth-order valence-corrected chi connectivity index (χ4v) is 4.48. The molecule has 1 atom stereocenters. The van der Waals surface area contributed by atoms with E-state index in [1.165, 1.54) is 11.1 Å². The SMILES string of the molecule is Cc1c(C(=O)OC(C)C)cc2cc(C3=CCOCC3)cn2c1C(C)N1CCOCC1. The molecular weight excluding hydrogens is 380 g/mol. The number of morpholine rings is 1. The molecule has 162 valence electrons. The minimum Gasteiger partial charge on any atom is -0.459 e. The van der Waals surface area contributed by atoms with Crippen molar-refractivity contribution in [3.05, 3.63) is 46.8 Å². The molecular formula is C24H32N2O4. The largest absolute Gasteiger partial charge is 0.459 e. The van der Waals surface area contributed by atoms with Crippen LogP contribution >= 0.6 is 0 Å². The van der Waals surface area contributed by atoms with E-state index < -0.39 is 0 Å². The normalized spacial score (nSPS) is 19.2. The van der Waals surface area contributed by atoms with E-state index in [0.717, 1.165) is 56.1 Å². The number of ether oxygens (including phenoxy) is 3. The Morgan fingerprint density at radius 3 is 2.53 bits per heavy atom. The molecule has 0 N–H and O–H groups in total. The Bertz CT molecular complexity index is 954. The van der Waals surface area contributed by atoms with Crippen molar-refractivity contribution in [2.45, 2.75) is 46.3 Å². The van der Waals surface area contributed by atoms with Gasteiger partial charge in [-0.15, -0.1) is 0 Å². The Balaban J connectivity index is 1.84. The van der Waals surface area contributed by atoms with Crippen molar-refractivity contribution in [1.29, 1.82) is 0 Å². The summed E-state index contributed by atoms with van der Waals surface area (Å²) in [7, 11) is 0. The second-order valence-electron chi connectivity index (χ2n) is 8.42. The first-order valence-electron chi connectivity index (χ1n) is 10.9. The van der Waals surface area contributed by atoms with Crippen LogP contribution < -0.4 is 0 Å². The highest BCUT2D eigenvalue weighted by molar-refractivity contribution is 5.93. The third-order valence-electron chi connectivity index (χ3n) is 6.08. The molecule has 0 saturated carbocycles. The molecule has 2 aromatic heterocycles. The first-order chi connectivity index (χ1) is 14.5. The Kier molecular flexibility index (Phi) is 6.27. The second kappa shape index (κ2) is 8.92. The number of aromatic nitrogens is 1. The van der Waals surface area contributed by atoms with Gasteiger partial charge in [-0.3, -0.25) is 4.90 Å². The molecule has 4 rings (SSSR count). The van der Waals surface area contributed by atoms with E-state index in [4.69, 9.17) is 14.2 Å². The molecule has 0 aromatic carbocycles. The molecule has 6 nitrogen and oxygen atoms in total. The number of hydrogen-bond donors (Lipinski definition) is 0. The van der Waals surface area contributed by atoms with Gasteiger partial charge >= 0.3 is 5.97 Å². The molecule has 1 saturated heterocycles. The van der Waals surface area contributed by atoms with Crippen molar-refractivity contribution in [1.82, 2.24) is 9.30 Å². The molecule has 1 unspecified atom stereocenters.